The molecule has 0 aromatic heterocycles. The molecule has 1 aromatic carbocycles. The van der Waals surface area contributed by atoms with Gasteiger partial charge in [-0.2, -0.15) is 0 Å². The van der Waals surface area contributed by atoms with Crippen molar-refractivity contribution in [2.75, 3.05) is 13.1 Å². The van der Waals surface area contributed by atoms with E-state index in [1.165, 1.54) is 6.07 Å². The molecule has 3 unspecified atom stereocenters. The minimum atomic E-state index is -4.65. The highest BCUT2D eigenvalue weighted by atomic mass is 19.4. The Bertz CT molecular complexity index is 506. The smallest absolute Gasteiger partial charge is 0.405 e. The van der Waals surface area contributed by atoms with Gasteiger partial charge in [-0.05, 0) is 30.7 Å². The van der Waals surface area contributed by atoms with Gasteiger partial charge in [-0.3, -0.25) is 4.90 Å². The van der Waals surface area contributed by atoms with Crippen LogP contribution >= 0.6 is 0 Å². The number of nitrogens with two attached hydrogens (primary N) is 1. The maximum Gasteiger partial charge on any atom is 0.573 e. The van der Waals surface area contributed by atoms with E-state index in [1.807, 2.05) is 0 Å². The van der Waals surface area contributed by atoms with Gasteiger partial charge in [-0.15, -0.1) is 13.2 Å². The molecule has 3 nitrogen and oxygen atoms in total. The summed E-state index contributed by atoms with van der Waals surface area (Å²) in [5.41, 5.74) is 6.66. The van der Waals surface area contributed by atoms with Crippen molar-refractivity contribution in [2.24, 2.45) is 17.6 Å². The Morgan fingerprint density at radius 3 is 2.67 bits per heavy atom. The molecule has 21 heavy (non-hydrogen) atoms. The van der Waals surface area contributed by atoms with Crippen LogP contribution in [0.25, 0.3) is 0 Å². The lowest BCUT2D eigenvalue weighted by Gasteiger charge is -2.20. The van der Waals surface area contributed by atoms with Crippen molar-refractivity contribution in [1.82, 2.24) is 4.90 Å². The second kappa shape index (κ2) is 5.50. The first kappa shape index (κ1) is 14.7. The van der Waals surface area contributed by atoms with Gasteiger partial charge in [0.2, 0.25) is 0 Å². The first-order valence-corrected chi connectivity index (χ1v) is 7.24. The molecule has 1 heterocycles. The lowest BCUT2D eigenvalue weighted by Crippen LogP contribution is -2.30. The molecule has 3 rings (SSSR count). The van der Waals surface area contributed by atoms with Crippen molar-refractivity contribution in [3.05, 3.63) is 29.8 Å². The van der Waals surface area contributed by atoms with Crippen LogP contribution < -0.4 is 10.5 Å². The maximum atomic E-state index is 12.4. The predicted octanol–water partition coefficient (Wildman–Crippen LogP) is 2.75. The largest absolute Gasteiger partial charge is 0.573 e. The van der Waals surface area contributed by atoms with E-state index in [9.17, 15) is 13.2 Å². The third-order valence-corrected chi connectivity index (χ3v) is 4.58. The number of hydrogen-bond acceptors (Lipinski definition) is 3. The second-order valence-electron chi connectivity index (χ2n) is 6.01. The van der Waals surface area contributed by atoms with Gasteiger partial charge < -0.3 is 10.5 Å². The minimum absolute atomic E-state index is 0.105. The first-order chi connectivity index (χ1) is 9.92. The number of nitrogens with zero attached hydrogens (tertiary/aromatic N) is 1. The molecular weight excluding hydrogens is 281 g/mol. The summed E-state index contributed by atoms with van der Waals surface area (Å²) < 4.78 is 41.4. The van der Waals surface area contributed by atoms with Crippen molar-refractivity contribution in [2.45, 2.75) is 31.8 Å². The van der Waals surface area contributed by atoms with Gasteiger partial charge in [0.15, 0.2) is 0 Å². The number of fused-ring (bicyclic) bond motifs is 1. The molecule has 1 aromatic rings. The van der Waals surface area contributed by atoms with E-state index in [0.717, 1.165) is 25.9 Å². The fraction of sp³-hybridized carbons (Fsp3) is 0.600. The van der Waals surface area contributed by atoms with Gasteiger partial charge in [0.25, 0.3) is 0 Å². The lowest BCUT2D eigenvalue weighted by atomic mass is 9.98. The maximum absolute atomic E-state index is 12.4. The van der Waals surface area contributed by atoms with Crippen LogP contribution in [-0.4, -0.2) is 30.4 Å². The average Bonchev–Trinajstić information content (AvgIpc) is 2.93. The average molecular weight is 300 g/mol. The molecular formula is C15H19F3N2O. The van der Waals surface area contributed by atoms with Crippen LogP contribution in [0.1, 0.15) is 18.4 Å². The van der Waals surface area contributed by atoms with Gasteiger partial charge in [0.05, 0.1) is 0 Å². The van der Waals surface area contributed by atoms with E-state index in [2.05, 4.69) is 9.64 Å². The molecule has 0 spiro atoms. The summed E-state index contributed by atoms with van der Waals surface area (Å²) in [5.74, 6) is 0.975. The Kier molecular flexibility index (Phi) is 3.84. The SMILES string of the molecule is NC1CCC2CN(Cc3ccccc3OC(F)(F)F)CC12. The third kappa shape index (κ3) is 3.32. The molecule has 1 aliphatic heterocycles. The summed E-state index contributed by atoms with van der Waals surface area (Å²) in [6.45, 7) is 2.26. The lowest BCUT2D eigenvalue weighted by molar-refractivity contribution is -0.275. The zero-order valence-electron chi connectivity index (χ0n) is 11.6. The van der Waals surface area contributed by atoms with E-state index in [0.29, 0.717) is 23.9 Å². The number of alkyl halides is 3. The molecule has 0 radical (unpaired) electrons. The summed E-state index contributed by atoms with van der Waals surface area (Å²) >= 11 is 0. The molecule has 6 heteroatoms. The minimum Gasteiger partial charge on any atom is -0.405 e. The zero-order chi connectivity index (χ0) is 15.0. The van der Waals surface area contributed by atoms with Crippen LogP contribution in [-0.2, 0) is 6.54 Å². The van der Waals surface area contributed by atoms with E-state index >= 15 is 0 Å². The Hall–Kier alpha value is -1.27. The quantitative estimate of drug-likeness (QED) is 0.933. The molecule has 3 atom stereocenters. The van der Waals surface area contributed by atoms with Crippen LogP contribution in [0.4, 0.5) is 13.2 Å². The van der Waals surface area contributed by atoms with E-state index in [-0.39, 0.29) is 11.8 Å². The molecule has 1 saturated carbocycles. The monoisotopic (exact) mass is 300 g/mol. The summed E-state index contributed by atoms with van der Waals surface area (Å²) in [5, 5.41) is 0. The van der Waals surface area contributed by atoms with Gasteiger partial charge in [0, 0.05) is 31.2 Å². The molecule has 2 fully saturated rings. The van der Waals surface area contributed by atoms with Crippen LogP contribution in [0.3, 0.4) is 0 Å². The van der Waals surface area contributed by atoms with Crippen molar-refractivity contribution in [1.29, 1.82) is 0 Å². The van der Waals surface area contributed by atoms with E-state index in [1.54, 1.807) is 18.2 Å². The third-order valence-electron chi connectivity index (χ3n) is 4.58. The Morgan fingerprint density at radius 1 is 1.19 bits per heavy atom. The second-order valence-corrected chi connectivity index (χ2v) is 6.01. The fourth-order valence-electron chi connectivity index (χ4n) is 3.63. The van der Waals surface area contributed by atoms with Crippen molar-refractivity contribution in [3.63, 3.8) is 0 Å². The highest BCUT2D eigenvalue weighted by molar-refractivity contribution is 5.33. The van der Waals surface area contributed by atoms with Crippen LogP contribution in [0.2, 0.25) is 0 Å². The topological polar surface area (TPSA) is 38.5 Å². The van der Waals surface area contributed by atoms with Crippen molar-refractivity contribution in [3.8, 4) is 5.75 Å². The Morgan fingerprint density at radius 2 is 1.95 bits per heavy atom. The molecule has 2 N–H and O–H groups in total. The number of hydrogen-bond donors (Lipinski definition) is 1. The number of likely N-dealkylation sites (tertiary alicyclic amines) is 1. The molecule has 0 bridgehead atoms. The summed E-state index contributed by atoms with van der Waals surface area (Å²) in [6, 6.07) is 6.59. The van der Waals surface area contributed by atoms with Crippen LogP contribution in [0.5, 0.6) is 5.75 Å². The number of rotatable bonds is 3. The predicted molar refractivity (Wildman–Crippen MR) is 72.6 cm³/mol. The van der Waals surface area contributed by atoms with Gasteiger partial charge in [-0.1, -0.05) is 18.2 Å². The number of ether oxygens (including phenoxy) is 1. The summed E-state index contributed by atoms with van der Waals surface area (Å²) in [4.78, 5) is 2.19. The first-order valence-electron chi connectivity index (χ1n) is 7.24. The zero-order valence-corrected chi connectivity index (χ0v) is 11.6. The normalized spacial score (nSPS) is 29.6. The van der Waals surface area contributed by atoms with Crippen LogP contribution in [0, 0.1) is 11.8 Å². The Labute approximate surface area is 121 Å². The molecule has 1 aliphatic carbocycles. The fourth-order valence-corrected chi connectivity index (χ4v) is 3.63. The van der Waals surface area contributed by atoms with Crippen LogP contribution in [0.15, 0.2) is 24.3 Å². The van der Waals surface area contributed by atoms with E-state index < -0.39 is 6.36 Å². The van der Waals surface area contributed by atoms with Gasteiger partial charge in [0.1, 0.15) is 5.75 Å². The van der Waals surface area contributed by atoms with Gasteiger partial charge in [-0.25, -0.2) is 0 Å². The van der Waals surface area contributed by atoms with Crippen molar-refractivity contribution < 1.29 is 17.9 Å². The molecule has 0 amide bonds. The number of halogens is 3. The summed E-state index contributed by atoms with van der Waals surface area (Å²) in [7, 11) is 0. The van der Waals surface area contributed by atoms with Crippen molar-refractivity contribution >= 4 is 0 Å². The summed E-state index contributed by atoms with van der Waals surface area (Å²) in [6.07, 6.45) is -2.46. The standard InChI is InChI=1S/C15H19F3N2O/c16-15(17,18)21-14-4-2-1-3-11(14)8-20-7-10-5-6-13(19)12(10)9-20/h1-4,10,12-13H,5-9,19H2. The molecule has 1 saturated heterocycles. The van der Waals surface area contributed by atoms with Gasteiger partial charge >= 0.3 is 6.36 Å². The number of benzene rings is 1. The molecule has 116 valence electrons. The highest BCUT2D eigenvalue weighted by Crippen LogP contribution is 2.38. The molecule has 2 aliphatic rings. The Balaban J connectivity index is 1.69. The number of para-hydroxylation sites is 1. The highest BCUT2D eigenvalue weighted by Gasteiger charge is 2.41. The van der Waals surface area contributed by atoms with E-state index in [4.69, 9.17) is 5.73 Å².